The Hall–Kier alpha value is -2.24. The molecule has 2 unspecified atom stereocenters. The van der Waals surface area contributed by atoms with E-state index in [4.69, 9.17) is 0 Å². The van der Waals surface area contributed by atoms with E-state index in [1.54, 1.807) is 12.3 Å². The van der Waals surface area contributed by atoms with Crippen LogP contribution in [0.3, 0.4) is 0 Å². The first-order chi connectivity index (χ1) is 12.7. The molecule has 4 heterocycles. The van der Waals surface area contributed by atoms with Crippen LogP contribution >= 0.6 is 0 Å². The Morgan fingerprint density at radius 2 is 2.19 bits per heavy atom. The average molecular weight is 348 g/mol. The highest BCUT2D eigenvalue weighted by Gasteiger charge is 2.35. The number of rotatable bonds is 3. The molecule has 0 amide bonds. The van der Waals surface area contributed by atoms with Crippen molar-refractivity contribution < 1.29 is 5.11 Å². The van der Waals surface area contributed by atoms with Crippen molar-refractivity contribution >= 4 is 10.9 Å². The van der Waals surface area contributed by atoms with Crippen molar-refractivity contribution in [2.45, 2.75) is 44.9 Å². The van der Waals surface area contributed by atoms with E-state index < -0.39 is 6.10 Å². The molecule has 134 valence electrons. The summed E-state index contributed by atoms with van der Waals surface area (Å²) in [6, 6.07) is 9.05. The van der Waals surface area contributed by atoms with Crippen LogP contribution in [0.5, 0.6) is 0 Å². The van der Waals surface area contributed by atoms with E-state index in [1.807, 2.05) is 0 Å². The van der Waals surface area contributed by atoms with Gasteiger partial charge in [0.15, 0.2) is 0 Å². The zero-order valence-corrected chi connectivity index (χ0v) is 15.1. The summed E-state index contributed by atoms with van der Waals surface area (Å²) >= 11 is 0. The van der Waals surface area contributed by atoms with Crippen molar-refractivity contribution in [1.82, 2.24) is 19.4 Å². The van der Waals surface area contributed by atoms with Gasteiger partial charge in [-0.3, -0.25) is 4.90 Å². The maximum Gasteiger partial charge on any atom is 0.115 e. The van der Waals surface area contributed by atoms with Crippen LogP contribution < -0.4 is 0 Å². The Bertz CT molecular complexity index is 950. The topological polar surface area (TPSA) is 54.2 Å². The van der Waals surface area contributed by atoms with Gasteiger partial charge in [0.25, 0.3) is 0 Å². The highest BCUT2D eigenvalue weighted by molar-refractivity contribution is 5.87. The SMILES string of the molecule is Cc1ccc2c(c1)c1c(n2CC(O)c2ccncn2)CCN2CCCC12. The molecule has 0 saturated carbocycles. The van der Waals surface area contributed by atoms with Crippen LogP contribution in [0.1, 0.15) is 47.5 Å². The Morgan fingerprint density at radius 3 is 3.04 bits per heavy atom. The summed E-state index contributed by atoms with van der Waals surface area (Å²) in [4.78, 5) is 10.8. The van der Waals surface area contributed by atoms with Gasteiger partial charge in [0.05, 0.1) is 12.2 Å². The first-order valence-electron chi connectivity index (χ1n) is 9.52. The van der Waals surface area contributed by atoms with E-state index in [2.05, 4.69) is 44.6 Å². The lowest BCUT2D eigenvalue weighted by molar-refractivity contribution is 0.150. The highest BCUT2D eigenvalue weighted by atomic mass is 16.3. The van der Waals surface area contributed by atoms with Gasteiger partial charge < -0.3 is 9.67 Å². The Balaban J connectivity index is 1.64. The molecule has 0 bridgehead atoms. The number of hydrogen-bond donors (Lipinski definition) is 1. The molecule has 5 heteroatoms. The molecule has 5 rings (SSSR count). The van der Waals surface area contributed by atoms with E-state index in [0.29, 0.717) is 18.3 Å². The standard InChI is InChI=1S/C21H24N4O/c1-14-4-5-17-15(11-14)21-18-3-2-9-24(18)10-7-19(21)25(17)12-20(26)16-6-8-22-13-23-16/h4-6,8,11,13,18,20,26H,2-3,7,9-10,12H2,1H3. The monoisotopic (exact) mass is 348 g/mol. The zero-order chi connectivity index (χ0) is 17.7. The van der Waals surface area contributed by atoms with E-state index >= 15 is 0 Å². The molecule has 3 aromatic rings. The summed E-state index contributed by atoms with van der Waals surface area (Å²) < 4.78 is 2.34. The first-order valence-corrected chi connectivity index (χ1v) is 9.52. The molecule has 26 heavy (non-hydrogen) atoms. The van der Waals surface area contributed by atoms with Gasteiger partial charge in [0.2, 0.25) is 0 Å². The fraction of sp³-hybridized carbons (Fsp3) is 0.429. The number of aliphatic hydroxyl groups excluding tert-OH is 1. The Kier molecular flexibility index (Phi) is 3.80. The summed E-state index contributed by atoms with van der Waals surface area (Å²) in [6.45, 7) is 5.04. The molecule has 1 N–H and O–H groups in total. The van der Waals surface area contributed by atoms with Crippen molar-refractivity contribution in [3.63, 3.8) is 0 Å². The maximum atomic E-state index is 10.8. The number of nitrogens with zero attached hydrogens (tertiary/aromatic N) is 4. The van der Waals surface area contributed by atoms with Gasteiger partial charge in [-0.15, -0.1) is 0 Å². The molecule has 5 nitrogen and oxygen atoms in total. The van der Waals surface area contributed by atoms with Gasteiger partial charge in [-0.1, -0.05) is 11.6 Å². The van der Waals surface area contributed by atoms with Gasteiger partial charge in [-0.05, 0) is 50.1 Å². The van der Waals surface area contributed by atoms with Crippen LogP contribution in [-0.2, 0) is 13.0 Å². The smallest absolute Gasteiger partial charge is 0.115 e. The normalized spacial score (nSPS) is 20.9. The lowest BCUT2D eigenvalue weighted by Gasteiger charge is -2.31. The third kappa shape index (κ3) is 2.46. The molecule has 2 aromatic heterocycles. The molecule has 0 aliphatic carbocycles. The number of aliphatic hydroxyl groups is 1. The summed E-state index contributed by atoms with van der Waals surface area (Å²) in [6.07, 6.45) is 6.15. The molecular formula is C21H24N4O. The Labute approximate surface area is 153 Å². The summed E-state index contributed by atoms with van der Waals surface area (Å²) in [5, 5.41) is 12.1. The molecule has 0 spiro atoms. The molecule has 2 aliphatic rings. The van der Waals surface area contributed by atoms with Gasteiger partial charge in [-0.25, -0.2) is 9.97 Å². The number of aromatic nitrogens is 3. The predicted octanol–water partition coefficient (Wildman–Crippen LogP) is 3.17. The quantitative estimate of drug-likeness (QED) is 0.790. The first kappa shape index (κ1) is 16.0. The van der Waals surface area contributed by atoms with Crippen molar-refractivity contribution in [3.8, 4) is 0 Å². The number of benzene rings is 1. The molecule has 2 aliphatic heterocycles. The molecule has 2 atom stereocenters. The van der Waals surface area contributed by atoms with Gasteiger partial charge >= 0.3 is 0 Å². The number of fused-ring (bicyclic) bond motifs is 5. The van der Waals surface area contributed by atoms with Crippen molar-refractivity contribution in [2.75, 3.05) is 13.1 Å². The number of aryl methyl sites for hydroxylation is 1. The molecule has 1 fully saturated rings. The largest absolute Gasteiger partial charge is 0.385 e. The van der Waals surface area contributed by atoms with Gasteiger partial charge in [-0.2, -0.15) is 0 Å². The van der Waals surface area contributed by atoms with Crippen LogP contribution in [0.25, 0.3) is 10.9 Å². The van der Waals surface area contributed by atoms with Crippen molar-refractivity contribution in [2.24, 2.45) is 0 Å². The summed E-state index contributed by atoms with van der Waals surface area (Å²) in [5.41, 5.74) is 6.12. The predicted molar refractivity (Wildman–Crippen MR) is 101 cm³/mol. The van der Waals surface area contributed by atoms with E-state index in [9.17, 15) is 5.11 Å². The zero-order valence-electron chi connectivity index (χ0n) is 15.1. The Morgan fingerprint density at radius 1 is 1.27 bits per heavy atom. The molecule has 1 saturated heterocycles. The summed E-state index contributed by atoms with van der Waals surface area (Å²) in [5.74, 6) is 0. The molecular weight excluding hydrogens is 324 g/mol. The van der Waals surface area contributed by atoms with Crippen molar-refractivity contribution in [3.05, 3.63) is 59.3 Å². The van der Waals surface area contributed by atoms with Crippen LogP contribution in [0.15, 0.2) is 36.8 Å². The third-order valence-corrected chi connectivity index (χ3v) is 6.00. The second-order valence-electron chi connectivity index (χ2n) is 7.59. The second kappa shape index (κ2) is 6.18. The third-order valence-electron chi connectivity index (χ3n) is 6.00. The van der Waals surface area contributed by atoms with E-state index in [-0.39, 0.29) is 0 Å². The fourth-order valence-corrected chi connectivity index (χ4v) is 4.83. The van der Waals surface area contributed by atoms with Gasteiger partial charge in [0, 0.05) is 41.8 Å². The van der Waals surface area contributed by atoms with Gasteiger partial charge in [0.1, 0.15) is 12.4 Å². The van der Waals surface area contributed by atoms with Crippen LogP contribution in [0, 0.1) is 6.92 Å². The van der Waals surface area contributed by atoms with Crippen LogP contribution in [-0.4, -0.2) is 37.6 Å². The second-order valence-corrected chi connectivity index (χ2v) is 7.59. The molecule has 1 aromatic carbocycles. The fourth-order valence-electron chi connectivity index (χ4n) is 4.83. The van der Waals surface area contributed by atoms with E-state index in [1.165, 1.54) is 53.4 Å². The minimum Gasteiger partial charge on any atom is -0.385 e. The number of hydrogen-bond acceptors (Lipinski definition) is 4. The minimum absolute atomic E-state index is 0.540. The highest BCUT2D eigenvalue weighted by Crippen LogP contribution is 2.43. The summed E-state index contributed by atoms with van der Waals surface area (Å²) in [7, 11) is 0. The van der Waals surface area contributed by atoms with Crippen molar-refractivity contribution in [1.29, 1.82) is 0 Å². The molecule has 0 radical (unpaired) electrons. The average Bonchev–Trinajstić information content (AvgIpc) is 3.25. The lowest BCUT2D eigenvalue weighted by Crippen LogP contribution is -2.31. The van der Waals surface area contributed by atoms with Crippen LogP contribution in [0.4, 0.5) is 0 Å². The van der Waals surface area contributed by atoms with E-state index in [0.717, 1.165) is 13.0 Å². The minimum atomic E-state index is -0.624. The maximum absolute atomic E-state index is 10.8. The lowest BCUT2D eigenvalue weighted by atomic mass is 9.95. The van der Waals surface area contributed by atoms with Crippen LogP contribution in [0.2, 0.25) is 0 Å².